The molecule has 0 radical (unpaired) electrons. The third-order valence-corrected chi connectivity index (χ3v) is 4.60. The van der Waals surface area contributed by atoms with Gasteiger partial charge >= 0.3 is 5.97 Å². The van der Waals surface area contributed by atoms with E-state index in [1.54, 1.807) is 0 Å². The van der Waals surface area contributed by atoms with Gasteiger partial charge < -0.3 is 9.47 Å². The number of unbranched alkanes of at least 4 members (excludes halogenated alkanes) is 1. The van der Waals surface area contributed by atoms with Crippen LogP contribution in [0.2, 0.25) is 0 Å². The molecule has 122 valence electrons. The van der Waals surface area contributed by atoms with Crippen molar-refractivity contribution in [3.8, 4) is 0 Å². The van der Waals surface area contributed by atoms with Crippen LogP contribution < -0.4 is 0 Å². The first-order valence-electron chi connectivity index (χ1n) is 8.26. The molecular weight excluding hydrogens is 268 g/mol. The lowest BCUT2D eigenvalue weighted by atomic mass is 9.73. The van der Waals surface area contributed by atoms with Gasteiger partial charge in [-0.3, -0.25) is 9.59 Å². The Bertz CT molecular complexity index is 343. The standard InChI is InChI=1S/C17H30O4/c1-5-7-8-14(16(19)20-4)15(18)17(21-6-2)11-9-13(3)10-12-17/h13-14H,5-12H2,1-4H3. The summed E-state index contributed by atoms with van der Waals surface area (Å²) in [6.07, 6.45) is 5.78. The number of Topliss-reactive ketones (excluding diaryl/α,β-unsaturated/α-hetero) is 1. The molecule has 4 heteroatoms. The molecule has 0 aromatic carbocycles. The maximum Gasteiger partial charge on any atom is 0.316 e. The lowest BCUT2D eigenvalue weighted by Crippen LogP contribution is -2.49. The molecule has 0 heterocycles. The molecule has 1 aliphatic carbocycles. The molecule has 4 nitrogen and oxygen atoms in total. The summed E-state index contributed by atoms with van der Waals surface area (Å²) >= 11 is 0. The van der Waals surface area contributed by atoms with E-state index in [-0.39, 0.29) is 5.78 Å². The zero-order valence-electron chi connectivity index (χ0n) is 13.9. The fourth-order valence-corrected chi connectivity index (χ4v) is 3.19. The third-order valence-electron chi connectivity index (χ3n) is 4.60. The van der Waals surface area contributed by atoms with Gasteiger partial charge in [-0.15, -0.1) is 0 Å². The van der Waals surface area contributed by atoms with E-state index in [0.29, 0.717) is 18.9 Å². The fourth-order valence-electron chi connectivity index (χ4n) is 3.19. The van der Waals surface area contributed by atoms with Gasteiger partial charge in [0.05, 0.1) is 7.11 Å². The zero-order valence-corrected chi connectivity index (χ0v) is 13.9. The van der Waals surface area contributed by atoms with E-state index in [4.69, 9.17) is 9.47 Å². The molecule has 0 amide bonds. The van der Waals surface area contributed by atoms with Gasteiger partial charge in [0.1, 0.15) is 11.5 Å². The molecule has 1 aliphatic rings. The molecule has 1 atom stereocenters. The van der Waals surface area contributed by atoms with Gasteiger partial charge in [0.15, 0.2) is 5.78 Å². The van der Waals surface area contributed by atoms with E-state index < -0.39 is 17.5 Å². The van der Waals surface area contributed by atoms with Gasteiger partial charge in [-0.05, 0) is 44.9 Å². The van der Waals surface area contributed by atoms with Crippen molar-refractivity contribution in [2.45, 2.75) is 71.3 Å². The highest BCUT2D eigenvalue weighted by Crippen LogP contribution is 2.38. The van der Waals surface area contributed by atoms with Crippen LogP contribution in [0.25, 0.3) is 0 Å². The van der Waals surface area contributed by atoms with E-state index in [0.717, 1.165) is 38.5 Å². The highest BCUT2D eigenvalue weighted by Gasteiger charge is 2.46. The van der Waals surface area contributed by atoms with Crippen LogP contribution in [0.1, 0.15) is 65.7 Å². The largest absolute Gasteiger partial charge is 0.468 e. The molecule has 1 rings (SSSR count). The van der Waals surface area contributed by atoms with Crippen LogP contribution in [0.4, 0.5) is 0 Å². The number of carbonyl (C=O) groups is 2. The van der Waals surface area contributed by atoms with E-state index in [2.05, 4.69) is 13.8 Å². The first-order valence-corrected chi connectivity index (χ1v) is 8.26. The number of ketones is 1. The Morgan fingerprint density at radius 2 is 1.86 bits per heavy atom. The van der Waals surface area contributed by atoms with Crippen LogP contribution >= 0.6 is 0 Å². The predicted molar refractivity (Wildman–Crippen MR) is 82.0 cm³/mol. The summed E-state index contributed by atoms with van der Waals surface area (Å²) in [4.78, 5) is 25.0. The summed E-state index contributed by atoms with van der Waals surface area (Å²) in [7, 11) is 1.35. The van der Waals surface area contributed by atoms with Crippen LogP contribution in [-0.2, 0) is 19.1 Å². The molecule has 0 spiro atoms. The second-order valence-electron chi connectivity index (χ2n) is 6.19. The minimum Gasteiger partial charge on any atom is -0.468 e. The van der Waals surface area contributed by atoms with Crippen LogP contribution in [0.5, 0.6) is 0 Å². The molecule has 0 N–H and O–H groups in total. The van der Waals surface area contributed by atoms with Crippen molar-refractivity contribution >= 4 is 11.8 Å². The highest BCUT2D eigenvalue weighted by atomic mass is 16.5. The number of methoxy groups -OCH3 is 1. The average Bonchev–Trinajstić information content (AvgIpc) is 2.49. The Kier molecular flexibility index (Phi) is 7.36. The van der Waals surface area contributed by atoms with Crippen molar-refractivity contribution in [1.29, 1.82) is 0 Å². The maximum atomic E-state index is 13.0. The number of hydrogen-bond acceptors (Lipinski definition) is 4. The quantitative estimate of drug-likeness (QED) is 0.508. The molecule has 0 bridgehead atoms. The number of ether oxygens (including phenoxy) is 2. The van der Waals surface area contributed by atoms with Gasteiger partial charge in [-0.2, -0.15) is 0 Å². The number of rotatable bonds is 8. The van der Waals surface area contributed by atoms with Gasteiger partial charge in [-0.1, -0.05) is 26.7 Å². The Morgan fingerprint density at radius 1 is 1.24 bits per heavy atom. The first kappa shape index (κ1) is 18.1. The Hall–Kier alpha value is -0.900. The summed E-state index contributed by atoms with van der Waals surface area (Å²) in [5, 5.41) is 0. The van der Waals surface area contributed by atoms with E-state index in [9.17, 15) is 9.59 Å². The van der Waals surface area contributed by atoms with Crippen LogP contribution in [-0.4, -0.2) is 31.1 Å². The Balaban J connectivity index is 2.92. The Morgan fingerprint density at radius 3 is 2.33 bits per heavy atom. The molecule has 0 aromatic heterocycles. The van der Waals surface area contributed by atoms with Crippen molar-refractivity contribution in [3.05, 3.63) is 0 Å². The lowest BCUT2D eigenvalue weighted by molar-refractivity contribution is -0.164. The summed E-state index contributed by atoms with van der Waals surface area (Å²) in [6, 6.07) is 0. The number of esters is 1. The van der Waals surface area contributed by atoms with Crippen LogP contribution in [0, 0.1) is 11.8 Å². The second kappa shape index (κ2) is 8.52. The van der Waals surface area contributed by atoms with Gasteiger partial charge in [0, 0.05) is 6.61 Å². The third kappa shape index (κ3) is 4.53. The highest BCUT2D eigenvalue weighted by molar-refractivity contribution is 6.03. The number of carbonyl (C=O) groups excluding carboxylic acids is 2. The van der Waals surface area contributed by atoms with Crippen molar-refractivity contribution in [3.63, 3.8) is 0 Å². The summed E-state index contributed by atoms with van der Waals surface area (Å²) < 4.78 is 10.7. The van der Waals surface area contributed by atoms with Crippen LogP contribution in [0.15, 0.2) is 0 Å². The molecule has 21 heavy (non-hydrogen) atoms. The molecule has 0 saturated heterocycles. The molecule has 0 aromatic rings. The van der Waals surface area contributed by atoms with Crippen molar-refractivity contribution < 1.29 is 19.1 Å². The molecule has 1 fully saturated rings. The first-order chi connectivity index (χ1) is 10.0. The van der Waals surface area contributed by atoms with Gasteiger partial charge in [0.2, 0.25) is 0 Å². The SMILES string of the molecule is CCCCC(C(=O)OC)C(=O)C1(OCC)CCC(C)CC1. The molecule has 0 aliphatic heterocycles. The topological polar surface area (TPSA) is 52.6 Å². The summed E-state index contributed by atoms with van der Waals surface area (Å²) in [5.41, 5.74) is -0.770. The summed E-state index contributed by atoms with van der Waals surface area (Å²) in [5.74, 6) is -0.517. The smallest absolute Gasteiger partial charge is 0.316 e. The second-order valence-corrected chi connectivity index (χ2v) is 6.19. The number of hydrogen-bond donors (Lipinski definition) is 0. The molecule has 1 unspecified atom stereocenters. The molecular formula is C17H30O4. The summed E-state index contributed by atoms with van der Waals surface area (Å²) in [6.45, 7) is 6.67. The minimum atomic E-state index is -0.770. The van der Waals surface area contributed by atoms with Crippen molar-refractivity contribution in [1.82, 2.24) is 0 Å². The van der Waals surface area contributed by atoms with Crippen molar-refractivity contribution in [2.24, 2.45) is 11.8 Å². The van der Waals surface area contributed by atoms with Gasteiger partial charge in [-0.25, -0.2) is 0 Å². The van der Waals surface area contributed by atoms with E-state index >= 15 is 0 Å². The van der Waals surface area contributed by atoms with Crippen LogP contribution in [0.3, 0.4) is 0 Å². The molecule has 1 saturated carbocycles. The predicted octanol–water partition coefficient (Wildman–Crippen LogP) is 3.52. The monoisotopic (exact) mass is 298 g/mol. The van der Waals surface area contributed by atoms with E-state index in [1.165, 1.54) is 7.11 Å². The lowest BCUT2D eigenvalue weighted by Gasteiger charge is -2.39. The van der Waals surface area contributed by atoms with Gasteiger partial charge in [0.25, 0.3) is 0 Å². The average molecular weight is 298 g/mol. The Labute approximate surface area is 128 Å². The zero-order chi connectivity index (χ0) is 15.9. The fraction of sp³-hybridized carbons (Fsp3) is 0.882. The maximum absolute atomic E-state index is 13.0. The minimum absolute atomic E-state index is 0.0587. The van der Waals surface area contributed by atoms with Crippen molar-refractivity contribution in [2.75, 3.05) is 13.7 Å². The normalized spacial score (nSPS) is 27.1. The van der Waals surface area contributed by atoms with E-state index in [1.807, 2.05) is 6.92 Å².